The minimum absolute atomic E-state index is 0. The summed E-state index contributed by atoms with van der Waals surface area (Å²) in [6.45, 7) is 2.58. The minimum Gasteiger partial charge on any atom is -1.00 e. The van der Waals surface area contributed by atoms with Crippen molar-refractivity contribution < 1.29 is 17.1 Å². The molecule has 5 heteroatoms. The molecule has 0 aliphatic rings. The minimum atomic E-state index is 0. The van der Waals surface area contributed by atoms with Gasteiger partial charge in [0.25, 0.3) is 0 Å². The van der Waals surface area contributed by atoms with E-state index in [1.807, 2.05) is 43.3 Å². The fraction of sp³-hybridized carbons (Fsp3) is 0.133. The van der Waals surface area contributed by atoms with Crippen molar-refractivity contribution in [1.82, 2.24) is 4.98 Å². The van der Waals surface area contributed by atoms with Crippen molar-refractivity contribution >= 4 is 33.2 Å². The molecule has 20 heavy (non-hydrogen) atoms. The number of ether oxygens (including phenoxy) is 1. The highest BCUT2D eigenvalue weighted by molar-refractivity contribution is 6.07. The molecule has 0 aliphatic carbocycles. The van der Waals surface area contributed by atoms with Crippen molar-refractivity contribution in [2.45, 2.75) is 6.92 Å². The number of rotatable bonds is 2. The van der Waals surface area contributed by atoms with Crippen molar-refractivity contribution in [1.29, 1.82) is 0 Å². The Morgan fingerprint density at radius 3 is 2.55 bits per heavy atom. The van der Waals surface area contributed by atoms with Crippen molar-refractivity contribution in [3.8, 4) is 5.75 Å². The average molecular weight is 289 g/mol. The molecule has 3 rings (SSSR count). The summed E-state index contributed by atoms with van der Waals surface area (Å²) in [5.74, 6) is 0.804. The molecule has 0 saturated carbocycles. The van der Waals surface area contributed by atoms with Crippen LogP contribution in [0.3, 0.4) is 0 Å². The van der Waals surface area contributed by atoms with Crippen LogP contribution in [0.2, 0.25) is 0 Å². The fourth-order valence-electron chi connectivity index (χ4n) is 2.23. The molecule has 4 N–H and O–H groups in total. The van der Waals surface area contributed by atoms with E-state index < -0.39 is 0 Å². The SMILES string of the molecule is CCOc1ccc2nc3cc(N)ccc3c(N)c2c1.[Cl-]. The van der Waals surface area contributed by atoms with Crippen molar-refractivity contribution in [3.05, 3.63) is 36.4 Å². The zero-order chi connectivity index (χ0) is 13.4. The molecule has 2 aromatic carbocycles. The smallest absolute Gasteiger partial charge is 0.120 e. The number of pyridine rings is 1. The summed E-state index contributed by atoms with van der Waals surface area (Å²) in [7, 11) is 0. The van der Waals surface area contributed by atoms with Crippen LogP contribution >= 0.6 is 0 Å². The van der Waals surface area contributed by atoms with E-state index in [1.165, 1.54) is 0 Å². The van der Waals surface area contributed by atoms with E-state index in [4.69, 9.17) is 16.2 Å². The maximum absolute atomic E-state index is 6.23. The number of nitrogens with zero attached hydrogens (tertiary/aromatic N) is 1. The summed E-state index contributed by atoms with van der Waals surface area (Å²) >= 11 is 0. The Morgan fingerprint density at radius 2 is 1.80 bits per heavy atom. The molecule has 0 fully saturated rings. The van der Waals surface area contributed by atoms with Crippen LogP contribution in [0.1, 0.15) is 6.92 Å². The normalized spacial score (nSPS) is 10.4. The number of halogens is 1. The van der Waals surface area contributed by atoms with Crippen LogP contribution in [0.15, 0.2) is 36.4 Å². The standard InChI is InChI=1S/C15H15N3O.ClH/c1-2-19-10-4-6-13-12(8-10)15(17)11-5-3-9(16)7-14(11)18-13;/h3-8H,2,16H2,1H3,(H2,17,18);1H/p-1. The monoisotopic (exact) mass is 288 g/mol. The zero-order valence-electron chi connectivity index (χ0n) is 11.1. The second-order valence-electron chi connectivity index (χ2n) is 4.41. The zero-order valence-corrected chi connectivity index (χ0v) is 11.8. The molecule has 104 valence electrons. The van der Waals surface area contributed by atoms with Gasteiger partial charge in [0.2, 0.25) is 0 Å². The third-order valence-electron chi connectivity index (χ3n) is 3.12. The van der Waals surface area contributed by atoms with Gasteiger partial charge in [0.15, 0.2) is 0 Å². The summed E-state index contributed by atoms with van der Waals surface area (Å²) in [5, 5.41) is 1.82. The van der Waals surface area contributed by atoms with E-state index in [1.54, 1.807) is 0 Å². The molecule has 0 unspecified atom stereocenters. The van der Waals surface area contributed by atoms with Crippen molar-refractivity contribution in [2.24, 2.45) is 0 Å². The van der Waals surface area contributed by atoms with Gasteiger partial charge in [0.1, 0.15) is 5.75 Å². The molecule has 0 radical (unpaired) electrons. The molecule has 0 aliphatic heterocycles. The Hall–Kier alpha value is -2.20. The van der Waals surface area contributed by atoms with Gasteiger partial charge in [0.05, 0.1) is 23.3 Å². The number of hydrogen-bond acceptors (Lipinski definition) is 4. The molecule has 0 amide bonds. The lowest BCUT2D eigenvalue weighted by molar-refractivity contribution is -0.00000445. The van der Waals surface area contributed by atoms with Crippen LogP contribution in [-0.2, 0) is 0 Å². The lowest BCUT2D eigenvalue weighted by Crippen LogP contribution is -3.00. The van der Waals surface area contributed by atoms with Gasteiger partial charge in [-0.15, -0.1) is 0 Å². The fourth-order valence-corrected chi connectivity index (χ4v) is 2.23. The second kappa shape index (κ2) is 5.43. The van der Waals surface area contributed by atoms with Crippen LogP contribution in [0.25, 0.3) is 21.8 Å². The number of anilines is 2. The molecule has 3 aromatic rings. The van der Waals surface area contributed by atoms with E-state index in [0.717, 1.165) is 27.6 Å². The van der Waals surface area contributed by atoms with E-state index in [-0.39, 0.29) is 12.4 Å². The topological polar surface area (TPSA) is 74.2 Å². The summed E-state index contributed by atoms with van der Waals surface area (Å²) < 4.78 is 5.50. The quantitative estimate of drug-likeness (QED) is 0.512. The molecule has 1 aromatic heterocycles. The Labute approximate surface area is 123 Å². The van der Waals surface area contributed by atoms with Crippen LogP contribution in [-0.4, -0.2) is 11.6 Å². The van der Waals surface area contributed by atoms with Gasteiger partial charge in [-0.25, -0.2) is 4.98 Å². The predicted octanol–water partition coefficient (Wildman–Crippen LogP) is -0.0449. The molecule has 0 bridgehead atoms. The Kier molecular flexibility index (Phi) is 3.86. The lowest BCUT2D eigenvalue weighted by Gasteiger charge is -2.09. The number of benzene rings is 2. The first-order valence-corrected chi connectivity index (χ1v) is 6.20. The van der Waals surface area contributed by atoms with E-state index in [9.17, 15) is 0 Å². The van der Waals surface area contributed by atoms with Gasteiger partial charge >= 0.3 is 0 Å². The van der Waals surface area contributed by atoms with Gasteiger partial charge in [-0.05, 0) is 43.3 Å². The van der Waals surface area contributed by atoms with Gasteiger partial charge < -0.3 is 28.6 Å². The summed E-state index contributed by atoms with van der Waals surface area (Å²) in [5.41, 5.74) is 15.1. The Bertz CT molecular complexity index is 774. The van der Waals surface area contributed by atoms with Gasteiger partial charge in [-0.2, -0.15) is 0 Å². The maximum Gasteiger partial charge on any atom is 0.120 e. The number of nitrogens with two attached hydrogens (primary N) is 2. The summed E-state index contributed by atoms with van der Waals surface area (Å²) in [6.07, 6.45) is 0. The molecule has 0 saturated heterocycles. The van der Waals surface area contributed by atoms with E-state index >= 15 is 0 Å². The van der Waals surface area contributed by atoms with Crippen LogP contribution in [0.4, 0.5) is 11.4 Å². The molecule has 1 heterocycles. The lowest BCUT2D eigenvalue weighted by atomic mass is 10.1. The van der Waals surface area contributed by atoms with Crippen LogP contribution < -0.4 is 28.6 Å². The van der Waals surface area contributed by atoms with Crippen LogP contribution in [0.5, 0.6) is 5.75 Å². The second-order valence-corrected chi connectivity index (χ2v) is 4.41. The number of aromatic nitrogens is 1. The third kappa shape index (κ3) is 2.30. The van der Waals surface area contributed by atoms with Crippen molar-refractivity contribution in [2.75, 3.05) is 18.1 Å². The third-order valence-corrected chi connectivity index (χ3v) is 3.12. The first-order valence-electron chi connectivity index (χ1n) is 6.20. The molecule has 0 atom stereocenters. The Balaban J connectivity index is 0.00000147. The predicted molar refractivity (Wildman–Crippen MR) is 79.2 cm³/mol. The van der Waals surface area contributed by atoms with Gasteiger partial charge in [-0.3, -0.25) is 0 Å². The van der Waals surface area contributed by atoms with E-state index in [0.29, 0.717) is 18.0 Å². The number of hydrogen-bond donors (Lipinski definition) is 2. The molecule has 4 nitrogen and oxygen atoms in total. The molecular formula is C15H15ClN3O-. The van der Waals surface area contributed by atoms with Gasteiger partial charge in [-0.1, -0.05) is 0 Å². The largest absolute Gasteiger partial charge is 1.00 e. The highest BCUT2D eigenvalue weighted by Gasteiger charge is 2.07. The first kappa shape index (κ1) is 14.2. The van der Waals surface area contributed by atoms with Crippen LogP contribution in [0, 0.1) is 0 Å². The highest BCUT2D eigenvalue weighted by atomic mass is 35.5. The Morgan fingerprint density at radius 1 is 1.00 bits per heavy atom. The highest BCUT2D eigenvalue weighted by Crippen LogP contribution is 2.31. The summed E-state index contributed by atoms with van der Waals surface area (Å²) in [6, 6.07) is 11.3. The average Bonchev–Trinajstić information content (AvgIpc) is 2.40. The number of fused-ring (bicyclic) bond motifs is 2. The summed E-state index contributed by atoms with van der Waals surface area (Å²) in [4.78, 5) is 4.59. The number of nitrogen functional groups attached to an aromatic ring is 2. The van der Waals surface area contributed by atoms with E-state index in [2.05, 4.69) is 4.98 Å². The molecular weight excluding hydrogens is 274 g/mol. The maximum atomic E-state index is 6.23. The van der Waals surface area contributed by atoms with Crippen molar-refractivity contribution in [3.63, 3.8) is 0 Å². The van der Waals surface area contributed by atoms with Gasteiger partial charge in [0, 0.05) is 16.5 Å². The molecule has 0 spiro atoms. The first-order chi connectivity index (χ1) is 9.19.